The number of amides is 2. The Labute approximate surface area is 150 Å². The van der Waals surface area contributed by atoms with Gasteiger partial charge in [0, 0.05) is 17.6 Å². The van der Waals surface area contributed by atoms with Gasteiger partial charge in [-0.25, -0.2) is 4.98 Å². The molecule has 1 heterocycles. The van der Waals surface area contributed by atoms with Gasteiger partial charge in [-0.3, -0.25) is 9.59 Å². The zero-order valence-electron chi connectivity index (χ0n) is 13.1. The van der Waals surface area contributed by atoms with E-state index >= 15 is 0 Å². The van der Waals surface area contributed by atoms with Crippen LogP contribution < -0.4 is 21.1 Å². The normalized spacial score (nSPS) is 9.75. The van der Waals surface area contributed by atoms with Crippen LogP contribution in [0.4, 0.5) is 5.69 Å². The summed E-state index contributed by atoms with van der Waals surface area (Å²) in [6.45, 7) is 2.63. The lowest BCUT2D eigenvalue weighted by Gasteiger charge is -2.07. The predicted molar refractivity (Wildman–Crippen MR) is 95.8 cm³/mol. The smallest absolute Gasteiger partial charge is 0.271 e. The van der Waals surface area contributed by atoms with Crippen LogP contribution in [0.5, 0.6) is 5.75 Å². The third kappa shape index (κ3) is 5.80. The first-order valence-electron chi connectivity index (χ1n) is 7.07. The van der Waals surface area contributed by atoms with Crippen molar-refractivity contribution in [2.75, 3.05) is 18.5 Å². The molecule has 2 aromatic rings. The van der Waals surface area contributed by atoms with Gasteiger partial charge in [0.2, 0.25) is 5.91 Å². The summed E-state index contributed by atoms with van der Waals surface area (Å²) in [4.78, 5) is 27.7. The van der Waals surface area contributed by atoms with Gasteiger partial charge in [0.1, 0.15) is 16.5 Å². The Hall–Kier alpha value is -2.16. The Morgan fingerprint density at radius 3 is 2.58 bits per heavy atom. The molecule has 0 spiro atoms. The number of ether oxygens (including phenoxy) is 1. The molecule has 0 aliphatic rings. The summed E-state index contributed by atoms with van der Waals surface area (Å²) in [7, 11) is 0. The maximum absolute atomic E-state index is 11.8. The zero-order chi connectivity index (χ0) is 16.7. The number of halogens is 1. The molecule has 7 nitrogen and oxygen atoms in total. The molecule has 9 heteroatoms. The Balaban J connectivity index is 0.00000288. The number of carbonyl (C=O) groups is 2. The standard InChI is InChI=1S/C15H18N4O3S.ClH/c1-2-22-11-5-3-10(4-6-11)18-13(20)8-17-15(21)12-9-23-14(7-16)19-12;/h3-6,9H,2,7-8,16H2,1H3,(H,17,21)(H,18,20);1H. The van der Waals surface area contributed by atoms with E-state index in [9.17, 15) is 9.59 Å². The molecular formula is C15H19ClN4O3S. The van der Waals surface area contributed by atoms with Gasteiger partial charge in [0.25, 0.3) is 5.91 Å². The topological polar surface area (TPSA) is 106 Å². The van der Waals surface area contributed by atoms with Crippen LogP contribution >= 0.6 is 23.7 Å². The van der Waals surface area contributed by atoms with Crippen molar-refractivity contribution >= 4 is 41.2 Å². The highest BCUT2D eigenvalue weighted by atomic mass is 35.5. The molecule has 2 amide bonds. The average Bonchev–Trinajstić information content (AvgIpc) is 3.04. The lowest BCUT2D eigenvalue weighted by molar-refractivity contribution is -0.115. The van der Waals surface area contributed by atoms with Gasteiger partial charge in [-0.1, -0.05) is 0 Å². The molecule has 0 fully saturated rings. The van der Waals surface area contributed by atoms with E-state index < -0.39 is 5.91 Å². The number of aromatic nitrogens is 1. The van der Waals surface area contributed by atoms with Gasteiger partial charge in [0.15, 0.2) is 0 Å². The molecule has 0 unspecified atom stereocenters. The maximum atomic E-state index is 11.8. The quantitative estimate of drug-likeness (QED) is 0.688. The number of nitrogens with zero attached hydrogens (tertiary/aromatic N) is 1. The number of carbonyl (C=O) groups excluding carboxylic acids is 2. The summed E-state index contributed by atoms with van der Waals surface area (Å²) < 4.78 is 5.32. The highest BCUT2D eigenvalue weighted by Crippen LogP contribution is 2.15. The van der Waals surface area contributed by atoms with E-state index in [2.05, 4.69) is 15.6 Å². The van der Waals surface area contributed by atoms with Gasteiger partial charge >= 0.3 is 0 Å². The minimum atomic E-state index is -0.400. The van der Waals surface area contributed by atoms with Gasteiger partial charge in [-0.2, -0.15) is 0 Å². The molecule has 4 N–H and O–H groups in total. The highest BCUT2D eigenvalue weighted by molar-refractivity contribution is 7.09. The third-order valence-electron chi connectivity index (χ3n) is 2.82. The lowest BCUT2D eigenvalue weighted by atomic mass is 10.3. The molecule has 130 valence electrons. The van der Waals surface area contributed by atoms with E-state index in [1.807, 2.05) is 6.92 Å². The summed E-state index contributed by atoms with van der Waals surface area (Å²) in [6, 6.07) is 7.00. The van der Waals surface area contributed by atoms with Crippen molar-refractivity contribution in [2.45, 2.75) is 13.5 Å². The van der Waals surface area contributed by atoms with Gasteiger partial charge in [-0.15, -0.1) is 23.7 Å². The Kier molecular flexibility index (Phi) is 8.17. The maximum Gasteiger partial charge on any atom is 0.271 e. The molecule has 0 saturated carbocycles. The fraction of sp³-hybridized carbons (Fsp3) is 0.267. The van der Waals surface area contributed by atoms with Crippen LogP contribution in [0.1, 0.15) is 22.4 Å². The van der Waals surface area contributed by atoms with Crippen molar-refractivity contribution in [3.63, 3.8) is 0 Å². The predicted octanol–water partition coefficient (Wildman–Crippen LogP) is 1.79. The number of nitrogens with two attached hydrogens (primary N) is 1. The summed E-state index contributed by atoms with van der Waals surface area (Å²) in [5.41, 5.74) is 6.34. The summed E-state index contributed by atoms with van der Waals surface area (Å²) in [5.74, 6) is 0.0117. The van der Waals surface area contributed by atoms with Gasteiger partial charge in [-0.05, 0) is 31.2 Å². The van der Waals surface area contributed by atoms with Crippen LogP contribution in [0.25, 0.3) is 0 Å². The van der Waals surface area contributed by atoms with Crippen LogP contribution in [0.2, 0.25) is 0 Å². The first-order valence-corrected chi connectivity index (χ1v) is 7.95. The summed E-state index contributed by atoms with van der Waals surface area (Å²) in [6.07, 6.45) is 0. The van der Waals surface area contributed by atoms with Crippen LogP contribution in [-0.2, 0) is 11.3 Å². The number of hydrogen-bond donors (Lipinski definition) is 3. The Morgan fingerprint density at radius 1 is 1.29 bits per heavy atom. The van der Waals surface area contributed by atoms with E-state index in [-0.39, 0.29) is 37.1 Å². The van der Waals surface area contributed by atoms with E-state index in [1.54, 1.807) is 29.6 Å². The Morgan fingerprint density at radius 2 is 2.00 bits per heavy atom. The first kappa shape index (κ1) is 19.9. The van der Waals surface area contributed by atoms with Crippen LogP contribution in [-0.4, -0.2) is 29.9 Å². The number of thiazole rings is 1. The molecule has 1 aromatic carbocycles. The van der Waals surface area contributed by atoms with Crippen molar-refractivity contribution in [1.82, 2.24) is 10.3 Å². The molecule has 0 bridgehead atoms. The molecule has 0 saturated heterocycles. The number of nitrogens with one attached hydrogen (secondary N) is 2. The monoisotopic (exact) mass is 370 g/mol. The second-order valence-electron chi connectivity index (χ2n) is 4.52. The molecule has 24 heavy (non-hydrogen) atoms. The summed E-state index contributed by atoms with van der Waals surface area (Å²) in [5, 5.41) is 7.49. The number of benzene rings is 1. The molecule has 2 rings (SSSR count). The van der Waals surface area contributed by atoms with E-state index in [1.165, 1.54) is 11.3 Å². The molecule has 0 aliphatic heterocycles. The summed E-state index contributed by atoms with van der Waals surface area (Å²) >= 11 is 1.31. The van der Waals surface area contributed by atoms with E-state index in [0.29, 0.717) is 17.3 Å². The van der Waals surface area contributed by atoms with Gasteiger partial charge in [0.05, 0.1) is 13.2 Å². The highest BCUT2D eigenvalue weighted by Gasteiger charge is 2.11. The van der Waals surface area contributed by atoms with Gasteiger partial charge < -0.3 is 21.1 Å². The number of anilines is 1. The zero-order valence-corrected chi connectivity index (χ0v) is 14.7. The van der Waals surface area contributed by atoms with Crippen molar-refractivity contribution in [2.24, 2.45) is 5.73 Å². The van der Waals surface area contributed by atoms with E-state index in [0.717, 1.165) is 5.75 Å². The van der Waals surface area contributed by atoms with Crippen LogP contribution in [0.3, 0.4) is 0 Å². The second-order valence-corrected chi connectivity index (χ2v) is 5.46. The largest absolute Gasteiger partial charge is 0.494 e. The fourth-order valence-electron chi connectivity index (χ4n) is 1.77. The molecule has 0 radical (unpaired) electrons. The molecule has 0 atom stereocenters. The lowest BCUT2D eigenvalue weighted by Crippen LogP contribution is -2.33. The molecule has 1 aromatic heterocycles. The first-order chi connectivity index (χ1) is 11.1. The van der Waals surface area contributed by atoms with Crippen molar-refractivity contribution < 1.29 is 14.3 Å². The third-order valence-corrected chi connectivity index (χ3v) is 3.69. The van der Waals surface area contributed by atoms with E-state index in [4.69, 9.17) is 10.5 Å². The molecule has 0 aliphatic carbocycles. The molecular weight excluding hydrogens is 352 g/mol. The number of rotatable bonds is 7. The van der Waals surface area contributed by atoms with Crippen LogP contribution in [0.15, 0.2) is 29.6 Å². The fourth-order valence-corrected chi connectivity index (χ4v) is 2.42. The van der Waals surface area contributed by atoms with Crippen molar-refractivity contribution in [1.29, 1.82) is 0 Å². The van der Waals surface area contributed by atoms with Crippen molar-refractivity contribution in [3.8, 4) is 5.75 Å². The second kappa shape index (κ2) is 9.86. The number of hydrogen-bond acceptors (Lipinski definition) is 6. The van der Waals surface area contributed by atoms with Crippen molar-refractivity contribution in [3.05, 3.63) is 40.3 Å². The minimum Gasteiger partial charge on any atom is -0.494 e. The Bertz CT molecular complexity index is 676. The average molecular weight is 371 g/mol. The van der Waals surface area contributed by atoms with Crippen LogP contribution in [0, 0.1) is 0 Å². The minimum absolute atomic E-state index is 0. The SMILES string of the molecule is CCOc1ccc(NC(=O)CNC(=O)c2csc(CN)n2)cc1.Cl.